The Morgan fingerprint density at radius 3 is 2.67 bits per heavy atom. The van der Waals surface area contributed by atoms with E-state index in [1.807, 2.05) is 44.1 Å². The highest BCUT2D eigenvalue weighted by Crippen LogP contribution is 2.24. The average molecular weight is 242 g/mol. The van der Waals surface area contributed by atoms with Gasteiger partial charge in [-0.05, 0) is 25.1 Å². The van der Waals surface area contributed by atoms with E-state index in [2.05, 4.69) is 15.0 Å². The van der Waals surface area contributed by atoms with Crippen molar-refractivity contribution in [3.63, 3.8) is 0 Å². The van der Waals surface area contributed by atoms with Gasteiger partial charge in [0.1, 0.15) is 17.4 Å². The minimum atomic E-state index is 0.719. The summed E-state index contributed by atoms with van der Waals surface area (Å²) in [5.41, 5.74) is 2.62. The van der Waals surface area contributed by atoms with Gasteiger partial charge >= 0.3 is 0 Å². The molecule has 5 nitrogen and oxygen atoms in total. The van der Waals surface area contributed by atoms with Gasteiger partial charge in [0.25, 0.3) is 0 Å². The lowest BCUT2D eigenvalue weighted by Crippen LogP contribution is -2.10. The number of furan rings is 1. The molecule has 5 heteroatoms. The van der Waals surface area contributed by atoms with Crippen molar-refractivity contribution in [2.24, 2.45) is 0 Å². The molecule has 0 aliphatic rings. The first-order valence-corrected chi connectivity index (χ1v) is 5.73. The maximum absolute atomic E-state index is 5.29. The molecule has 0 spiro atoms. The highest BCUT2D eigenvalue weighted by molar-refractivity contribution is 5.77. The smallest absolute Gasteiger partial charge is 0.180 e. The van der Waals surface area contributed by atoms with E-state index in [0.717, 1.165) is 34.1 Å². The predicted octanol–water partition coefficient (Wildman–Crippen LogP) is 2.59. The summed E-state index contributed by atoms with van der Waals surface area (Å²) in [6, 6.07) is 5.86. The van der Waals surface area contributed by atoms with Crippen molar-refractivity contribution in [1.82, 2.24) is 15.0 Å². The second-order valence-electron chi connectivity index (χ2n) is 4.41. The number of imidazole rings is 1. The van der Waals surface area contributed by atoms with Crippen LogP contribution in [-0.2, 0) is 0 Å². The first kappa shape index (κ1) is 10.8. The number of nitrogens with zero attached hydrogens (tertiary/aromatic N) is 3. The van der Waals surface area contributed by atoms with Crippen molar-refractivity contribution in [2.75, 3.05) is 19.0 Å². The first-order valence-electron chi connectivity index (χ1n) is 5.73. The van der Waals surface area contributed by atoms with E-state index in [1.54, 1.807) is 6.26 Å². The van der Waals surface area contributed by atoms with Gasteiger partial charge in [0.2, 0.25) is 0 Å². The zero-order valence-electron chi connectivity index (χ0n) is 10.6. The Morgan fingerprint density at radius 1 is 1.17 bits per heavy atom. The molecule has 1 N–H and O–H groups in total. The Morgan fingerprint density at radius 2 is 2.00 bits per heavy atom. The number of pyridine rings is 1. The standard InChI is InChI=1S/C13H14N4O/c1-8-9(6-7-18-8)12-14-10-4-5-11(17(2)3)15-13(10)16-12/h4-7H,1-3H3,(H,14,15,16). The van der Waals surface area contributed by atoms with E-state index in [1.165, 1.54) is 0 Å². The molecule has 3 rings (SSSR count). The molecule has 0 unspecified atom stereocenters. The van der Waals surface area contributed by atoms with E-state index in [0.29, 0.717) is 0 Å². The Bertz CT molecular complexity index is 696. The van der Waals surface area contributed by atoms with Crippen LogP contribution in [0, 0.1) is 6.92 Å². The minimum absolute atomic E-state index is 0.719. The van der Waals surface area contributed by atoms with Gasteiger partial charge in [0.15, 0.2) is 5.65 Å². The third-order valence-electron chi connectivity index (χ3n) is 2.90. The van der Waals surface area contributed by atoms with Crippen molar-refractivity contribution in [2.45, 2.75) is 6.92 Å². The van der Waals surface area contributed by atoms with Crippen LogP contribution < -0.4 is 4.90 Å². The largest absolute Gasteiger partial charge is 0.469 e. The summed E-state index contributed by atoms with van der Waals surface area (Å²) < 4.78 is 5.29. The summed E-state index contributed by atoms with van der Waals surface area (Å²) in [5, 5.41) is 0. The molecule has 18 heavy (non-hydrogen) atoms. The number of rotatable bonds is 2. The normalized spacial score (nSPS) is 11.1. The van der Waals surface area contributed by atoms with Crippen LogP contribution in [0.25, 0.3) is 22.6 Å². The van der Waals surface area contributed by atoms with E-state index in [4.69, 9.17) is 4.42 Å². The van der Waals surface area contributed by atoms with Gasteiger partial charge < -0.3 is 14.3 Å². The molecule has 92 valence electrons. The Kier molecular flexibility index (Phi) is 2.33. The van der Waals surface area contributed by atoms with Gasteiger partial charge in [-0.3, -0.25) is 0 Å². The van der Waals surface area contributed by atoms with Gasteiger partial charge in [-0.15, -0.1) is 0 Å². The number of anilines is 1. The molecule has 0 amide bonds. The van der Waals surface area contributed by atoms with Crippen molar-refractivity contribution < 1.29 is 4.42 Å². The molecule has 0 saturated carbocycles. The lowest BCUT2D eigenvalue weighted by molar-refractivity contribution is 0.535. The Hall–Kier alpha value is -2.30. The molecule has 3 aromatic rings. The summed E-state index contributed by atoms with van der Waals surface area (Å²) in [6.07, 6.45) is 1.66. The van der Waals surface area contributed by atoms with Gasteiger partial charge in [0, 0.05) is 14.1 Å². The van der Waals surface area contributed by atoms with E-state index >= 15 is 0 Å². The van der Waals surface area contributed by atoms with Crippen molar-refractivity contribution in [1.29, 1.82) is 0 Å². The van der Waals surface area contributed by atoms with Crippen molar-refractivity contribution >= 4 is 17.0 Å². The van der Waals surface area contributed by atoms with Gasteiger partial charge in [0.05, 0.1) is 17.3 Å². The molecule has 0 aliphatic carbocycles. The van der Waals surface area contributed by atoms with Crippen LogP contribution in [0.5, 0.6) is 0 Å². The number of hydrogen-bond donors (Lipinski definition) is 1. The second-order valence-corrected chi connectivity index (χ2v) is 4.41. The fraction of sp³-hybridized carbons (Fsp3) is 0.231. The SMILES string of the molecule is Cc1occc1-c1nc2nc(N(C)C)ccc2[nH]1. The molecule has 0 atom stereocenters. The zero-order chi connectivity index (χ0) is 12.7. The Labute approximate surface area is 104 Å². The molecular weight excluding hydrogens is 228 g/mol. The second kappa shape index (κ2) is 3.87. The third kappa shape index (κ3) is 1.64. The number of fused-ring (bicyclic) bond motifs is 1. The predicted molar refractivity (Wildman–Crippen MR) is 70.7 cm³/mol. The topological polar surface area (TPSA) is 58.0 Å². The van der Waals surface area contributed by atoms with Crippen LogP contribution >= 0.6 is 0 Å². The summed E-state index contributed by atoms with van der Waals surface area (Å²) in [4.78, 5) is 14.2. The summed E-state index contributed by atoms with van der Waals surface area (Å²) in [5.74, 6) is 2.53. The van der Waals surface area contributed by atoms with Gasteiger partial charge in [-0.2, -0.15) is 0 Å². The quantitative estimate of drug-likeness (QED) is 0.750. The van der Waals surface area contributed by atoms with Crippen LogP contribution in [0.2, 0.25) is 0 Å². The molecule has 0 radical (unpaired) electrons. The van der Waals surface area contributed by atoms with E-state index in [9.17, 15) is 0 Å². The molecule has 0 fully saturated rings. The van der Waals surface area contributed by atoms with Crippen molar-refractivity contribution in [3.8, 4) is 11.4 Å². The Balaban J connectivity index is 2.14. The zero-order valence-corrected chi connectivity index (χ0v) is 10.6. The molecule has 3 aromatic heterocycles. The lowest BCUT2D eigenvalue weighted by atomic mass is 10.2. The van der Waals surface area contributed by atoms with Crippen LogP contribution in [0.1, 0.15) is 5.76 Å². The van der Waals surface area contributed by atoms with E-state index < -0.39 is 0 Å². The monoisotopic (exact) mass is 242 g/mol. The molecule has 0 saturated heterocycles. The summed E-state index contributed by atoms with van der Waals surface area (Å²) in [6.45, 7) is 1.92. The van der Waals surface area contributed by atoms with E-state index in [-0.39, 0.29) is 0 Å². The number of aryl methyl sites for hydroxylation is 1. The maximum atomic E-state index is 5.29. The van der Waals surface area contributed by atoms with Crippen molar-refractivity contribution in [3.05, 3.63) is 30.2 Å². The molecule has 0 aliphatic heterocycles. The fourth-order valence-electron chi connectivity index (χ4n) is 1.89. The number of aromatic nitrogens is 3. The number of H-pyrrole nitrogens is 1. The number of hydrogen-bond acceptors (Lipinski definition) is 4. The fourth-order valence-corrected chi connectivity index (χ4v) is 1.89. The van der Waals surface area contributed by atoms with Crippen LogP contribution in [-0.4, -0.2) is 29.0 Å². The maximum Gasteiger partial charge on any atom is 0.180 e. The highest BCUT2D eigenvalue weighted by Gasteiger charge is 2.11. The summed E-state index contributed by atoms with van der Waals surface area (Å²) >= 11 is 0. The number of aromatic amines is 1. The molecule has 0 bridgehead atoms. The third-order valence-corrected chi connectivity index (χ3v) is 2.90. The molecular formula is C13H14N4O. The first-order chi connectivity index (χ1) is 8.65. The van der Waals surface area contributed by atoms with Crippen LogP contribution in [0.15, 0.2) is 28.9 Å². The van der Waals surface area contributed by atoms with Gasteiger partial charge in [-0.25, -0.2) is 9.97 Å². The molecule has 0 aromatic carbocycles. The minimum Gasteiger partial charge on any atom is -0.469 e. The van der Waals surface area contributed by atoms with Crippen LogP contribution in [0.3, 0.4) is 0 Å². The van der Waals surface area contributed by atoms with Crippen LogP contribution in [0.4, 0.5) is 5.82 Å². The summed E-state index contributed by atoms with van der Waals surface area (Å²) in [7, 11) is 3.92. The lowest BCUT2D eigenvalue weighted by Gasteiger charge is -2.09. The average Bonchev–Trinajstić information content (AvgIpc) is 2.92. The molecule has 3 heterocycles. The van der Waals surface area contributed by atoms with Gasteiger partial charge in [-0.1, -0.05) is 0 Å². The highest BCUT2D eigenvalue weighted by atomic mass is 16.3. The number of nitrogens with one attached hydrogen (secondary N) is 1.